The van der Waals surface area contributed by atoms with Crippen LogP contribution in [0.15, 0.2) is 35.4 Å². The highest BCUT2D eigenvalue weighted by atomic mass is 32.2. The third kappa shape index (κ3) is 4.54. The number of hydrogen-bond donors (Lipinski definition) is 1. The second-order valence-corrected chi connectivity index (χ2v) is 5.85. The Hall–Kier alpha value is -1.40. The molecule has 6 heteroatoms. The maximum absolute atomic E-state index is 12.9. The summed E-state index contributed by atoms with van der Waals surface area (Å²) in [6.45, 7) is 5.97. The Morgan fingerprint density at radius 1 is 1.29 bits per heavy atom. The summed E-state index contributed by atoms with van der Waals surface area (Å²) in [5.74, 6) is 0.657. The highest BCUT2D eigenvalue weighted by Crippen LogP contribution is 2.24. The van der Waals surface area contributed by atoms with E-state index >= 15 is 0 Å². The summed E-state index contributed by atoms with van der Waals surface area (Å²) >= 11 is 1.70. The van der Waals surface area contributed by atoms with Gasteiger partial charge >= 0.3 is 0 Å². The molecular formula is C15H21FN4S. The predicted octanol–water partition coefficient (Wildman–Crippen LogP) is 3.27. The summed E-state index contributed by atoms with van der Waals surface area (Å²) in [5, 5.41) is 11.6. The van der Waals surface area contributed by atoms with Crippen molar-refractivity contribution in [1.29, 1.82) is 0 Å². The minimum Gasteiger partial charge on any atom is -0.308 e. The number of aryl methyl sites for hydroxylation is 1. The lowest BCUT2D eigenvalue weighted by Gasteiger charge is -2.18. The minimum atomic E-state index is -0.201. The topological polar surface area (TPSA) is 42.7 Å². The third-order valence-electron chi connectivity index (χ3n) is 3.12. The van der Waals surface area contributed by atoms with Gasteiger partial charge in [0.15, 0.2) is 0 Å². The van der Waals surface area contributed by atoms with E-state index in [1.165, 1.54) is 12.1 Å². The van der Waals surface area contributed by atoms with E-state index in [1.807, 2.05) is 23.0 Å². The van der Waals surface area contributed by atoms with Crippen molar-refractivity contribution in [1.82, 2.24) is 20.3 Å². The van der Waals surface area contributed by atoms with Crippen molar-refractivity contribution in [2.45, 2.75) is 37.8 Å². The Labute approximate surface area is 129 Å². The van der Waals surface area contributed by atoms with E-state index in [9.17, 15) is 4.39 Å². The molecule has 1 atom stereocenters. The molecule has 0 aliphatic heterocycles. The summed E-state index contributed by atoms with van der Waals surface area (Å²) in [6, 6.07) is 6.79. The van der Waals surface area contributed by atoms with Crippen LogP contribution < -0.4 is 5.32 Å². The van der Waals surface area contributed by atoms with Gasteiger partial charge in [-0.3, -0.25) is 0 Å². The number of hydrogen-bond acceptors (Lipinski definition) is 4. The molecule has 0 fully saturated rings. The zero-order chi connectivity index (χ0) is 15.1. The van der Waals surface area contributed by atoms with Crippen molar-refractivity contribution < 1.29 is 4.39 Å². The molecule has 21 heavy (non-hydrogen) atoms. The number of nitrogens with one attached hydrogen (secondary N) is 1. The molecule has 0 bridgehead atoms. The summed E-state index contributed by atoms with van der Waals surface area (Å²) in [7, 11) is 0. The molecule has 0 aliphatic carbocycles. The van der Waals surface area contributed by atoms with Crippen LogP contribution in [-0.4, -0.2) is 27.3 Å². The van der Waals surface area contributed by atoms with Gasteiger partial charge in [-0.2, -0.15) is 0 Å². The van der Waals surface area contributed by atoms with Crippen LogP contribution in [0.3, 0.4) is 0 Å². The Morgan fingerprint density at radius 2 is 2.05 bits per heavy atom. The van der Waals surface area contributed by atoms with Crippen molar-refractivity contribution >= 4 is 11.8 Å². The van der Waals surface area contributed by atoms with Crippen LogP contribution in [-0.2, 0) is 6.54 Å². The molecular weight excluding hydrogens is 287 g/mol. The Bertz CT molecular complexity index is 541. The van der Waals surface area contributed by atoms with Gasteiger partial charge in [0.05, 0.1) is 17.9 Å². The molecule has 0 radical (unpaired) electrons. The molecule has 1 unspecified atom stereocenters. The van der Waals surface area contributed by atoms with E-state index < -0.39 is 0 Å². The number of aromatic nitrogens is 3. The van der Waals surface area contributed by atoms with Gasteiger partial charge in [0.2, 0.25) is 0 Å². The van der Waals surface area contributed by atoms with E-state index in [4.69, 9.17) is 0 Å². The van der Waals surface area contributed by atoms with Crippen LogP contribution in [0, 0.1) is 5.82 Å². The molecule has 4 nitrogen and oxygen atoms in total. The number of thioether (sulfide) groups is 1. The SMILES string of the molecule is CCCn1nncc1C(CSc1ccc(F)cc1)NCC. The molecule has 0 spiro atoms. The first-order valence-electron chi connectivity index (χ1n) is 7.24. The normalized spacial score (nSPS) is 12.5. The van der Waals surface area contributed by atoms with Crippen LogP contribution in [0.2, 0.25) is 0 Å². The first kappa shape index (κ1) is 16.0. The summed E-state index contributed by atoms with van der Waals surface area (Å²) in [5.41, 5.74) is 1.10. The van der Waals surface area contributed by atoms with E-state index in [0.717, 1.165) is 35.9 Å². The highest BCUT2D eigenvalue weighted by Gasteiger charge is 2.16. The molecule has 1 aromatic heterocycles. The zero-order valence-electron chi connectivity index (χ0n) is 12.4. The Morgan fingerprint density at radius 3 is 2.71 bits per heavy atom. The lowest BCUT2D eigenvalue weighted by atomic mass is 10.2. The van der Waals surface area contributed by atoms with Crippen molar-refractivity contribution in [2.75, 3.05) is 12.3 Å². The van der Waals surface area contributed by atoms with Gasteiger partial charge in [-0.15, -0.1) is 16.9 Å². The molecule has 0 aliphatic rings. The number of nitrogens with zero attached hydrogens (tertiary/aromatic N) is 3. The van der Waals surface area contributed by atoms with Gasteiger partial charge in [-0.25, -0.2) is 9.07 Å². The van der Waals surface area contributed by atoms with Crippen LogP contribution in [0.25, 0.3) is 0 Å². The summed E-state index contributed by atoms with van der Waals surface area (Å²) < 4.78 is 14.9. The maximum Gasteiger partial charge on any atom is 0.123 e. The quantitative estimate of drug-likeness (QED) is 0.760. The van der Waals surface area contributed by atoms with Gasteiger partial charge in [0.1, 0.15) is 5.82 Å². The summed E-state index contributed by atoms with van der Waals surface area (Å²) in [4.78, 5) is 1.06. The minimum absolute atomic E-state index is 0.187. The van der Waals surface area contributed by atoms with E-state index in [1.54, 1.807) is 11.8 Å². The number of rotatable bonds is 8. The molecule has 1 N–H and O–H groups in total. The number of halogens is 1. The van der Waals surface area contributed by atoms with E-state index in [-0.39, 0.29) is 11.9 Å². The fraction of sp³-hybridized carbons (Fsp3) is 0.467. The molecule has 0 saturated heterocycles. The second kappa shape index (κ2) is 8.14. The van der Waals surface area contributed by atoms with Crippen LogP contribution >= 0.6 is 11.8 Å². The van der Waals surface area contributed by atoms with Crippen molar-refractivity contribution in [3.63, 3.8) is 0 Å². The molecule has 0 amide bonds. The summed E-state index contributed by atoms with van der Waals surface area (Å²) in [6.07, 6.45) is 2.86. The highest BCUT2D eigenvalue weighted by molar-refractivity contribution is 7.99. The van der Waals surface area contributed by atoms with E-state index in [0.29, 0.717) is 0 Å². The van der Waals surface area contributed by atoms with E-state index in [2.05, 4.69) is 29.5 Å². The van der Waals surface area contributed by atoms with Gasteiger partial charge in [-0.05, 0) is 37.2 Å². The maximum atomic E-state index is 12.9. The van der Waals surface area contributed by atoms with Crippen molar-refractivity contribution in [3.05, 3.63) is 42.0 Å². The molecule has 1 heterocycles. The largest absolute Gasteiger partial charge is 0.308 e. The standard InChI is InChI=1S/C15H21FN4S/c1-3-9-20-15(10-18-19-20)14(17-4-2)11-21-13-7-5-12(16)6-8-13/h5-8,10,14,17H,3-4,9,11H2,1-2H3. The fourth-order valence-electron chi connectivity index (χ4n) is 2.13. The molecule has 1 aromatic carbocycles. The first-order chi connectivity index (χ1) is 10.2. The lowest BCUT2D eigenvalue weighted by molar-refractivity contribution is 0.501. The van der Waals surface area contributed by atoms with Crippen LogP contribution in [0.1, 0.15) is 32.0 Å². The molecule has 2 rings (SSSR count). The molecule has 114 valence electrons. The molecule has 2 aromatic rings. The average Bonchev–Trinajstić information content (AvgIpc) is 2.94. The van der Waals surface area contributed by atoms with Gasteiger partial charge in [0.25, 0.3) is 0 Å². The van der Waals surface area contributed by atoms with Crippen LogP contribution in [0.5, 0.6) is 0 Å². The van der Waals surface area contributed by atoms with Gasteiger partial charge < -0.3 is 5.32 Å². The second-order valence-electron chi connectivity index (χ2n) is 4.76. The lowest BCUT2D eigenvalue weighted by Crippen LogP contribution is -2.25. The van der Waals surface area contributed by atoms with Gasteiger partial charge in [-0.1, -0.05) is 19.1 Å². The van der Waals surface area contributed by atoms with Gasteiger partial charge in [0, 0.05) is 17.2 Å². The predicted molar refractivity (Wildman–Crippen MR) is 83.9 cm³/mol. The zero-order valence-corrected chi connectivity index (χ0v) is 13.2. The smallest absolute Gasteiger partial charge is 0.123 e. The Balaban J connectivity index is 2.04. The van der Waals surface area contributed by atoms with Crippen molar-refractivity contribution in [3.8, 4) is 0 Å². The third-order valence-corrected chi connectivity index (χ3v) is 4.23. The van der Waals surface area contributed by atoms with Crippen molar-refractivity contribution in [2.24, 2.45) is 0 Å². The fourth-order valence-corrected chi connectivity index (χ4v) is 3.10. The first-order valence-corrected chi connectivity index (χ1v) is 8.23. The average molecular weight is 308 g/mol. The van der Waals surface area contributed by atoms with Crippen LogP contribution in [0.4, 0.5) is 4.39 Å². The monoisotopic (exact) mass is 308 g/mol. The Kier molecular flexibility index (Phi) is 6.20. The molecule has 0 saturated carbocycles. The number of benzene rings is 1.